The average molecular weight is 358 g/mol. The van der Waals surface area contributed by atoms with E-state index in [1.807, 2.05) is 24.3 Å². The Bertz CT molecular complexity index is 747. The van der Waals surface area contributed by atoms with Crippen LogP contribution in [0.5, 0.6) is 5.75 Å². The van der Waals surface area contributed by atoms with Crippen LogP contribution in [-0.2, 0) is 22.7 Å². The molecule has 0 aliphatic carbocycles. The number of methoxy groups -OCH3 is 1. The van der Waals surface area contributed by atoms with Gasteiger partial charge in [0.2, 0.25) is 11.8 Å². The summed E-state index contributed by atoms with van der Waals surface area (Å²) < 4.78 is 18.2. The van der Waals surface area contributed by atoms with Crippen molar-refractivity contribution in [1.82, 2.24) is 10.2 Å². The predicted molar refractivity (Wildman–Crippen MR) is 96.9 cm³/mol. The molecule has 1 N–H and O–H groups in total. The van der Waals surface area contributed by atoms with Crippen molar-refractivity contribution < 1.29 is 18.7 Å². The number of carbonyl (C=O) groups excluding carboxylic acids is 2. The maximum atomic E-state index is 12.9. The summed E-state index contributed by atoms with van der Waals surface area (Å²) in [7, 11) is 1.58. The van der Waals surface area contributed by atoms with Gasteiger partial charge < -0.3 is 15.0 Å². The van der Waals surface area contributed by atoms with E-state index in [2.05, 4.69) is 5.32 Å². The van der Waals surface area contributed by atoms with Crippen LogP contribution in [0.3, 0.4) is 0 Å². The van der Waals surface area contributed by atoms with Crippen molar-refractivity contribution in [2.75, 3.05) is 13.7 Å². The third kappa shape index (κ3) is 5.88. The first-order chi connectivity index (χ1) is 12.5. The van der Waals surface area contributed by atoms with E-state index in [4.69, 9.17) is 4.74 Å². The molecule has 0 spiro atoms. The Morgan fingerprint density at radius 1 is 1.12 bits per heavy atom. The minimum Gasteiger partial charge on any atom is -0.496 e. The van der Waals surface area contributed by atoms with Crippen LogP contribution < -0.4 is 10.1 Å². The summed E-state index contributed by atoms with van der Waals surface area (Å²) in [5, 5.41) is 2.78. The standard InChI is InChI=1S/C20H23FN2O3/c1-15(24)23(14-17-5-3-4-6-19(17)26-2)12-11-20(25)22-13-16-7-9-18(21)10-8-16/h3-10H,11-14H2,1-2H3,(H,22,25). The molecular weight excluding hydrogens is 335 g/mol. The Labute approximate surface area is 152 Å². The first kappa shape index (κ1) is 19.4. The number of hydrogen-bond donors (Lipinski definition) is 1. The molecule has 0 saturated carbocycles. The van der Waals surface area contributed by atoms with Crippen molar-refractivity contribution in [1.29, 1.82) is 0 Å². The minimum absolute atomic E-state index is 0.109. The van der Waals surface area contributed by atoms with Gasteiger partial charge in [-0.2, -0.15) is 0 Å². The van der Waals surface area contributed by atoms with E-state index < -0.39 is 0 Å². The molecule has 2 aromatic rings. The molecule has 0 aliphatic rings. The van der Waals surface area contributed by atoms with Gasteiger partial charge in [0, 0.05) is 38.5 Å². The number of benzene rings is 2. The molecule has 0 fully saturated rings. The van der Waals surface area contributed by atoms with E-state index >= 15 is 0 Å². The van der Waals surface area contributed by atoms with E-state index in [-0.39, 0.29) is 24.1 Å². The number of nitrogens with zero attached hydrogens (tertiary/aromatic N) is 1. The second-order valence-corrected chi connectivity index (χ2v) is 5.91. The molecule has 26 heavy (non-hydrogen) atoms. The van der Waals surface area contributed by atoms with Crippen LogP contribution in [0.4, 0.5) is 4.39 Å². The Kier molecular flexibility index (Phi) is 7.14. The summed E-state index contributed by atoms with van der Waals surface area (Å²) in [5.74, 6) is 0.121. The molecule has 0 heterocycles. The smallest absolute Gasteiger partial charge is 0.222 e. The van der Waals surface area contributed by atoms with Gasteiger partial charge in [0.15, 0.2) is 0 Å². The monoisotopic (exact) mass is 358 g/mol. The Hall–Kier alpha value is -2.89. The number of nitrogens with one attached hydrogen (secondary N) is 1. The zero-order valence-corrected chi connectivity index (χ0v) is 15.0. The zero-order valence-electron chi connectivity index (χ0n) is 15.0. The minimum atomic E-state index is -0.312. The van der Waals surface area contributed by atoms with Crippen LogP contribution in [-0.4, -0.2) is 30.4 Å². The predicted octanol–water partition coefficient (Wildman–Crippen LogP) is 2.89. The van der Waals surface area contributed by atoms with Gasteiger partial charge in [-0.05, 0) is 23.8 Å². The SMILES string of the molecule is COc1ccccc1CN(CCC(=O)NCc1ccc(F)cc1)C(C)=O. The van der Waals surface area contributed by atoms with Gasteiger partial charge in [-0.25, -0.2) is 4.39 Å². The molecule has 6 heteroatoms. The van der Waals surface area contributed by atoms with Crippen LogP contribution in [0.1, 0.15) is 24.5 Å². The van der Waals surface area contributed by atoms with Gasteiger partial charge in [0.25, 0.3) is 0 Å². The molecule has 138 valence electrons. The lowest BCUT2D eigenvalue weighted by atomic mass is 10.2. The summed E-state index contributed by atoms with van der Waals surface area (Å²) in [6.07, 6.45) is 0.190. The number of hydrogen-bond acceptors (Lipinski definition) is 3. The third-order valence-electron chi connectivity index (χ3n) is 4.01. The van der Waals surface area contributed by atoms with E-state index in [1.54, 1.807) is 24.1 Å². The van der Waals surface area contributed by atoms with Gasteiger partial charge >= 0.3 is 0 Å². The van der Waals surface area contributed by atoms with Gasteiger partial charge in [-0.1, -0.05) is 30.3 Å². The molecule has 2 aromatic carbocycles. The van der Waals surface area contributed by atoms with Crippen molar-refractivity contribution in [3.8, 4) is 5.75 Å². The van der Waals surface area contributed by atoms with Gasteiger partial charge in [-0.3, -0.25) is 9.59 Å². The van der Waals surface area contributed by atoms with E-state index in [0.29, 0.717) is 25.4 Å². The van der Waals surface area contributed by atoms with E-state index in [0.717, 1.165) is 11.1 Å². The number of carbonyl (C=O) groups is 2. The topological polar surface area (TPSA) is 58.6 Å². The Morgan fingerprint density at radius 3 is 2.46 bits per heavy atom. The lowest BCUT2D eigenvalue weighted by Gasteiger charge is -2.22. The normalized spacial score (nSPS) is 10.3. The van der Waals surface area contributed by atoms with Crippen LogP contribution in [0.15, 0.2) is 48.5 Å². The largest absolute Gasteiger partial charge is 0.496 e. The van der Waals surface area contributed by atoms with E-state index in [9.17, 15) is 14.0 Å². The second-order valence-electron chi connectivity index (χ2n) is 5.91. The Balaban J connectivity index is 1.86. The van der Waals surface area contributed by atoms with Crippen molar-refractivity contribution >= 4 is 11.8 Å². The molecule has 0 radical (unpaired) electrons. The van der Waals surface area contributed by atoms with Crippen molar-refractivity contribution in [2.24, 2.45) is 0 Å². The fraction of sp³-hybridized carbons (Fsp3) is 0.300. The molecule has 0 aromatic heterocycles. The van der Waals surface area contributed by atoms with Crippen LogP contribution in [0.2, 0.25) is 0 Å². The van der Waals surface area contributed by atoms with E-state index in [1.165, 1.54) is 19.1 Å². The zero-order chi connectivity index (χ0) is 18.9. The maximum absolute atomic E-state index is 12.9. The molecular formula is C20H23FN2O3. The second kappa shape index (κ2) is 9.56. The maximum Gasteiger partial charge on any atom is 0.222 e. The van der Waals surface area contributed by atoms with Gasteiger partial charge in [0.1, 0.15) is 11.6 Å². The summed E-state index contributed by atoms with van der Waals surface area (Å²) in [5.41, 5.74) is 1.70. The van der Waals surface area contributed by atoms with Crippen LogP contribution in [0.25, 0.3) is 0 Å². The summed E-state index contributed by atoms with van der Waals surface area (Å²) in [6, 6.07) is 13.4. The number of rotatable bonds is 8. The fourth-order valence-electron chi connectivity index (χ4n) is 2.51. The summed E-state index contributed by atoms with van der Waals surface area (Å²) >= 11 is 0. The molecule has 0 bridgehead atoms. The molecule has 2 amide bonds. The first-order valence-corrected chi connectivity index (χ1v) is 8.38. The van der Waals surface area contributed by atoms with Gasteiger partial charge in [0.05, 0.1) is 7.11 Å². The molecule has 0 unspecified atom stereocenters. The first-order valence-electron chi connectivity index (χ1n) is 8.38. The molecule has 0 atom stereocenters. The van der Waals surface area contributed by atoms with Crippen molar-refractivity contribution in [2.45, 2.75) is 26.4 Å². The highest BCUT2D eigenvalue weighted by atomic mass is 19.1. The summed E-state index contributed by atoms with van der Waals surface area (Å²) in [6.45, 7) is 2.49. The molecule has 2 rings (SSSR count). The van der Waals surface area contributed by atoms with Crippen molar-refractivity contribution in [3.63, 3.8) is 0 Å². The highest BCUT2D eigenvalue weighted by Crippen LogP contribution is 2.19. The fourth-order valence-corrected chi connectivity index (χ4v) is 2.51. The third-order valence-corrected chi connectivity index (χ3v) is 4.01. The quantitative estimate of drug-likeness (QED) is 0.789. The molecule has 0 aliphatic heterocycles. The Morgan fingerprint density at radius 2 is 1.81 bits per heavy atom. The number of ether oxygens (including phenoxy) is 1. The average Bonchev–Trinajstić information content (AvgIpc) is 2.64. The van der Waals surface area contributed by atoms with Crippen LogP contribution >= 0.6 is 0 Å². The highest BCUT2D eigenvalue weighted by molar-refractivity contribution is 5.78. The number of para-hydroxylation sites is 1. The highest BCUT2D eigenvalue weighted by Gasteiger charge is 2.14. The summed E-state index contributed by atoms with van der Waals surface area (Å²) in [4.78, 5) is 25.5. The lowest BCUT2D eigenvalue weighted by Crippen LogP contribution is -2.33. The number of halogens is 1. The lowest BCUT2D eigenvalue weighted by molar-refractivity contribution is -0.130. The van der Waals surface area contributed by atoms with Crippen LogP contribution in [0, 0.1) is 5.82 Å². The molecule has 0 saturated heterocycles. The van der Waals surface area contributed by atoms with Crippen molar-refractivity contribution in [3.05, 3.63) is 65.5 Å². The molecule has 5 nitrogen and oxygen atoms in total. The van der Waals surface area contributed by atoms with Gasteiger partial charge in [-0.15, -0.1) is 0 Å². The number of amides is 2.